The van der Waals surface area contributed by atoms with E-state index in [9.17, 15) is 26.3 Å². The van der Waals surface area contributed by atoms with Gasteiger partial charge in [-0.3, -0.25) is 4.98 Å². The largest absolute Gasteiger partial charge is 0.416 e. The number of piperidine rings is 3. The predicted molar refractivity (Wildman–Crippen MR) is 191 cm³/mol. The Hall–Kier alpha value is -4.73. The number of hydrogen-bond donors (Lipinski definition) is 0. The summed E-state index contributed by atoms with van der Waals surface area (Å²) in [7, 11) is 0. The first kappa shape index (κ1) is 34.4. The molecule has 0 N–H and O–H groups in total. The van der Waals surface area contributed by atoms with E-state index in [4.69, 9.17) is 4.74 Å². The molecule has 4 heterocycles. The minimum atomic E-state index is -4.96. The zero-order valence-electron chi connectivity index (χ0n) is 28.3. The fraction of sp³-hybridized carbons (Fsp3) is 0.279. The molecule has 1 aromatic heterocycles. The lowest BCUT2D eigenvalue weighted by molar-refractivity contribution is -0.984. The number of quaternary nitrogens is 1. The van der Waals surface area contributed by atoms with Crippen molar-refractivity contribution in [3.05, 3.63) is 150 Å². The maximum atomic E-state index is 13.9. The Kier molecular flexibility index (Phi) is 8.62. The number of nitrogens with zero attached hydrogens (tertiary/aromatic N) is 2. The first-order valence-corrected chi connectivity index (χ1v) is 17.5. The molecule has 9 heteroatoms. The van der Waals surface area contributed by atoms with Crippen molar-refractivity contribution in [1.82, 2.24) is 4.98 Å². The molecule has 0 saturated carbocycles. The first-order chi connectivity index (χ1) is 24.9. The van der Waals surface area contributed by atoms with Gasteiger partial charge in [0, 0.05) is 35.9 Å². The van der Waals surface area contributed by atoms with Gasteiger partial charge in [0.05, 0.1) is 36.3 Å². The van der Waals surface area contributed by atoms with Crippen molar-refractivity contribution in [2.45, 2.75) is 50.5 Å². The highest BCUT2D eigenvalue weighted by Crippen LogP contribution is 2.50. The number of benzene rings is 5. The van der Waals surface area contributed by atoms with Crippen molar-refractivity contribution in [1.29, 1.82) is 0 Å². The molecule has 3 aliphatic heterocycles. The van der Waals surface area contributed by atoms with E-state index < -0.39 is 36.2 Å². The number of rotatable bonds is 8. The van der Waals surface area contributed by atoms with Crippen LogP contribution in [0.4, 0.5) is 26.3 Å². The molecule has 0 amide bonds. The maximum Gasteiger partial charge on any atom is 0.416 e. The van der Waals surface area contributed by atoms with Gasteiger partial charge in [0.1, 0.15) is 18.7 Å². The summed E-state index contributed by atoms with van der Waals surface area (Å²) in [6, 6.07) is 30.0. The lowest BCUT2D eigenvalue weighted by Crippen LogP contribution is -2.67. The highest BCUT2D eigenvalue weighted by atomic mass is 19.4. The number of hydrogen-bond acceptors (Lipinski definition) is 2. The molecule has 3 aliphatic rings. The second kappa shape index (κ2) is 13.0. The van der Waals surface area contributed by atoms with Crippen LogP contribution in [0.15, 0.2) is 122 Å². The minimum Gasteiger partial charge on any atom is -0.363 e. The van der Waals surface area contributed by atoms with E-state index >= 15 is 0 Å². The summed E-state index contributed by atoms with van der Waals surface area (Å²) in [4.78, 5) is 4.57. The summed E-state index contributed by atoms with van der Waals surface area (Å²) in [5.74, 6) is 0.565. The fourth-order valence-corrected chi connectivity index (χ4v) is 9.02. The molecule has 0 radical (unpaired) electrons. The van der Waals surface area contributed by atoms with Gasteiger partial charge in [-0.1, -0.05) is 72.8 Å². The third-order valence-corrected chi connectivity index (χ3v) is 11.4. The van der Waals surface area contributed by atoms with Crippen molar-refractivity contribution in [2.24, 2.45) is 11.8 Å². The quantitative estimate of drug-likeness (QED) is 0.0679. The molecule has 9 rings (SSSR count). The van der Waals surface area contributed by atoms with E-state index in [1.54, 1.807) is 6.20 Å². The van der Waals surface area contributed by atoms with Crippen LogP contribution in [-0.4, -0.2) is 28.6 Å². The second-order valence-corrected chi connectivity index (χ2v) is 14.4. The van der Waals surface area contributed by atoms with Gasteiger partial charge in [-0.25, -0.2) is 0 Å². The summed E-state index contributed by atoms with van der Waals surface area (Å²) in [5, 5.41) is 5.43. The molecule has 6 aromatic rings. The predicted octanol–water partition coefficient (Wildman–Crippen LogP) is 11.4. The fourth-order valence-electron chi connectivity index (χ4n) is 9.02. The molecular weight excluding hydrogens is 674 g/mol. The SMILES string of the molecule is C=C[C@H]1C[N@+]2(Cc3c4ccccc4cc4ccccc34)CC[C@H]1C[C@@H]2[C@H](OCc1cc(C(F)(F)F)cc(C(F)(F)F)c1)c1ccnc2ccccc12. The van der Waals surface area contributed by atoms with Crippen LogP contribution in [0, 0.1) is 11.8 Å². The van der Waals surface area contributed by atoms with Gasteiger partial charge < -0.3 is 9.22 Å². The normalized spacial score (nSPS) is 22.6. The van der Waals surface area contributed by atoms with E-state index in [-0.39, 0.29) is 23.6 Å². The number of fused-ring (bicyclic) bond motifs is 6. The van der Waals surface area contributed by atoms with Crippen molar-refractivity contribution < 1.29 is 35.6 Å². The summed E-state index contributed by atoms with van der Waals surface area (Å²) in [5.41, 5.74) is -0.120. The Labute approximate surface area is 297 Å². The van der Waals surface area contributed by atoms with E-state index in [1.807, 2.05) is 60.7 Å². The molecule has 266 valence electrons. The Morgan fingerprint density at radius 1 is 0.788 bits per heavy atom. The molecule has 3 saturated heterocycles. The van der Waals surface area contributed by atoms with Gasteiger partial charge in [0.2, 0.25) is 0 Å². The topological polar surface area (TPSA) is 22.1 Å². The van der Waals surface area contributed by atoms with Crippen molar-refractivity contribution in [2.75, 3.05) is 13.1 Å². The molecule has 3 fully saturated rings. The Balaban J connectivity index is 1.28. The number of aromatic nitrogens is 1. The number of halogens is 6. The van der Waals surface area contributed by atoms with Gasteiger partial charge in [0.15, 0.2) is 0 Å². The van der Waals surface area contributed by atoms with Gasteiger partial charge in [0.25, 0.3) is 0 Å². The lowest BCUT2D eigenvalue weighted by atomic mass is 9.70. The number of ether oxygens (including phenoxy) is 1. The van der Waals surface area contributed by atoms with Crippen LogP contribution in [0.2, 0.25) is 0 Å². The average Bonchev–Trinajstić information content (AvgIpc) is 3.14. The first-order valence-electron chi connectivity index (χ1n) is 17.5. The van der Waals surface area contributed by atoms with Gasteiger partial charge >= 0.3 is 12.4 Å². The molecule has 5 aromatic carbocycles. The Bertz CT molecular complexity index is 2210. The van der Waals surface area contributed by atoms with E-state index in [0.717, 1.165) is 76.1 Å². The molecule has 0 unspecified atom stereocenters. The smallest absolute Gasteiger partial charge is 0.363 e. The number of pyridine rings is 1. The van der Waals surface area contributed by atoms with E-state index in [2.05, 4.69) is 41.9 Å². The molecule has 0 spiro atoms. The van der Waals surface area contributed by atoms with E-state index in [0.29, 0.717) is 16.9 Å². The van der Waals surface area contributed by atoms with Crippen LogP contribution in [0.3, 0.4) is 0 Å². The molecule has 0 aliphatic carbocycles. The van der Waals surface area contributed by atoms with Gasteiger partial charge in [-0.2, -0.15) is 26.3 Å². The highest BCUT2D eigenvalue weighted by Gasteiger charge is 2.55. The summed E-state index contributed by atoms with van der Waals surface area (Å²) in [6.45, 7) is 6.09. The van der Waals surface area contributed by atoms with Gasteiger partial charge in [-0.15, -0.1) is 6.58 Å². The van der Waals surface area contributed by atoms with Crippen LogP contribution in [0.25, 0.3) is 32.4 Å². The zero-order valence-corrected chi connectivity index (χ0v) is 28.3. The molecule has 5 atom stereocenters. The monoisotopic (exact) mass is 711 g/mol. The minimum absolute atomic E-state index is 0.160. The standard InChI is InChI=1S/C43H37F6N2O/c1-2-28-24-51(25-38-34-11-5-3-9-30(34)21-31-10-4-6-12-35(31)38)18-16-29(28)22-40(51)41(37-15-17-50-39-14-8-7-13-36(37)39)52-26-27-19-32(42(44,45)46)23-33(20-27)43(47,48)49/h2-15,17,19-21,23,28-29,40-41H,1,16,18,22,24-26H2/q+1/t28-,29-,40+,41+,51-/m0/s1. The van der Waals surface area contributed by atoms with Crippen LogP contribution in [0.5, 0.6) is 0 Å². The van der Waals surface area contributed by atoms with Crippen molar-refractivity contribution >= 4 is 32.4 Å². The third kappa shape index (κ3) is 6.24. The third-order valence-electron chi connectivity index (χ3n) is 11.4. The summed E-state index contributed by atoms with van der Waals surface area (Å²) < 4.78 is 90.7. The molecule has 52 heavy (non-hydrogen) atoms. The average molecular weight is 712 g/mol. The zero-order chi connectivity index (χ0) is 36.3. The van der Waals surface area contributed by atoms with Gasteiger partial charge in [-0.05, 0) is 75.0 Å². The molecule has 2 bridgehead atoms. The van der Waals surface area contributed by atoms with Crippen LogP contribution < -0.4 is 0 Å². The second-order valence-electron chi connectivity index (χ2n) is 14.4. The number of alkyl halides is 6. The van der Waals surface area contributed by atoms with Crippen molar-refractivity contribution in [3.8, 4) is 0 Å². The molecular formula is C43H37F6N2O+. The summed E-state index contributed by atoms with van der Waals surface area (Å²) in [6.07, 6.45) is -5.09. The van der Waals surface area contributed by atoms with Crippen LogP contribution in [-0.2, 0) is 30.2 Å². The van der Waals surface area contributed by atoms with Crippen molar-refractivity contribution in [3.63, 3.8) is 0 Å². The highest BCUT2D eigenvalue weighted by molar-refractivity contribution is 6.02. The maximum absolute atomic E-state index is 13.9. The number of para-hydroxylation sites is 1. The molecule has 3 nitrogen and oxygen atoms in total. The van der Waals surface area contributed by atoms with Crippen LogP contribution in [0.1, 0.15) is 46.8 Å². The Morgan fingerprint density at radius 3 is 2.04 bits per heavy atom. The van der Waals surface area contributed by atoms with Crippen LogP contribution >= 0.6 is 0 Å². The summed E-state index contributed by atoms with van der Waals surface area (Å²) >= 11 is 0. The Morgan fingerprint density at radius 2 is 1.40 bits per heavy atom. The van der Waals surface area contributed by atoms with E-state index in [1.165, 1.54) is 5.56 Å². The lowest BCUT2D eigenvalue weighted by Gasteiger charge is -2.58.